The van der Waals surface area contributed by atoms with Crippen LogP contribution in [-0.4, -0.2) is 5.11 Å². The third-order valence-electron chi connectivity index (χ3n) is 3.30. The van der Waals surface area contributed by atoms with Crippen LogP contribution in [0.1, 0.15) is 17.2 Å². The van der Waals surface area contributed by atoms with Crippen molar-refractivity contribution in [2.24, 2.45) is 0 Å². The molecule has 21 heavy (non-hydrogen) atoms. The standard InChI is InChI=1S/C19H16O2/c20-17-13-11-16(12-14-17)19(15-7-3-1-4-8-15)21-18-9-5-2-6-10-18/h1-14,19-20H. The summed E-state index contributed by atoms with van der Waals surface area (Å²) >= 11 is 0. The summed E-state index contributed by atoms with van der Waals surface area (Å²) in [6.45, 7) is 0. The molecule has 0 aliphatic carbocycles. The molecule has 0 radical (unpaired) electrons. The second-order valence-electron chi connectivity index (χ2n) is 4.81. The molecule has 3 aromatic rings. The molecule has 3 aromatic carbocycles. The number of benzene rings is 3. The Hall–Kier alpha value is -2.74. The van der Waals surface area contributed by atoms with Gasteiger partial charge in [0.2, 0.25) is 0 Å². The molecule has 0 aliphatic rings. The highest BCUT2D eigenvalue weighted by Gasteiger charge is 2.15. The van der Waals surface area contributed by atoms with Crippen LogP contribution in [0, 0.1) is 0 Å². The first-order valence-electron chi connectivity index (χ1n) is 6.88. The van der Waals surface area contributed by atoms with Crippen LogP contribution in [-0.2, 0) is 0 Å². The first kappa shape index (κ1) is 13.3. The van der Waals surface area contributed by atoms with E-state index in [1.54, 1.807) is 12.1 Å². The lowest BCUT2D eigenvalue weighted by Crippen LogP contribution is -2.09. The number of phenols is 1. The van der Waals surface area contributed by atoms with Gasteiger partial charge in [0.25, 0.3) is 0 Å². The van der Waals surface area contributed by atoms with Crippen molar-refractivity contribution in [3.8, 4) is 11.5 Å². The van der Waals surface area contributed by atoms with Crippen LogP contribution in [0.3, 0.4) is 0 Å². The number of para-hydroxylation sites is 1. The molecule has 0 aromatic heterocycles. The molecule has 3 rings (SSSR count). The van der Waals surface area contributed by atoms with Gasteiger partial charge in [-0.1, -0.05) is 60.7 Å². The van der Waals surface area contributed by atoms with Gasteiger partial charge in [-0.25, -0.2) is 0 Å². The molecule has 104 valence electrons. The second kappa shape index (κ2) is 6.14. The molecule has 0 spiro atoms. The van der Waals surface area contributed by atoms with Gasteiger partial charge in [0, 0.05) is 0 Å². The monoisotopic (exact) mass is 276 g/mol. The molecule has 0 saturated heterocycles. The van der Waals surface area contributed by atoms with Gasteiger partial charge < -0.3 is 9.84 Å². The Bertz CT molecular complexity index is 676. The summed E-state index contributed by atoms with van der Waals surface area (Å²) in [7, 11) is 0. The lowest BCUT2D eigenvalue weighted by atomic mass is 10.0. The molecule has 1 unspecified atom stereocenters. The zero-order valence-electron chi connectivity index (χ0n) is 11.5. The van der Waals surface area contributed by atoms with Crippen LogP contribution in [0.5, 0.6) is 11.5 Å². The molecule has 0 fully saturated rings. The van der Waals surface area contributed by atoms with Gasteiger partial charge in [0.05, 0.1) is 0 Å². The van der Waals surface area contributed by atoms with Gasteiger partial charge in [0.1, 0.15) is 17.6 Å². The molecule has 0 amide bonds. The van der Waals surface area contributed by atoms with Crippen LogP contribution in [0.2, 0.25) is 0 Å². The highest BCUT2D eigenvalue weighted by atomic mass is 16.5. The van der Waals surface area contributed by atoms with Crippen molar-refractivity contribution < 1.29 is 9.84 Å². The summed E-state index contributed by atoms with van der Waals surface area (Å²) in [5.74, 6) is 1.07. The molecule has 0 bridgehead atoms. The minimum Gasteiger partial charge on any atom is -0.508 e. The van der Waals surface area contributed by atoms with Crippen molar-refractivity contribution in [3.63, 3.8) is 0 Å². The topological polar surface area (TPSA) is 29.5 Å². The summed E-state index contributed by atoms with van der Waals surface area (Å²) in [6.07, 6.45) is -0.200. The number of aromatic hydroxyl groups is 1. The summed E-state index contributed by atoms with van der Waals surface area (Å²) < 4.78 is 6.14. The van der Waals surface area contributed by atoms with Crippen molar-refractivity contribution in [2.75, 3.05) is 0 Å². The smallest absolute Gasteiger partial charge is 0.149 e. The Balaban J connectivity index is 1.97. The molecule has 1 atom stereocenters. The maximum Gasteiger partial charge on any atom is 0.149 e. The highest BCUT2D eigenvalue weighted by molar-refractivity contribution is 5.35. The largest absolute Gasteiger partial charge is 0.508 e. The summed E-state index contributed by atoms with van der Waals surface area (Å²) in [4.78, 5) is 0. The van der Waals surface area contributed by atoms with E-state index in [4.69, 9.17) is 4.74 Å². The van der Waals surface area contributed by atoms with E-state index in [0.29, 0.717) is 0 Å². The fourth-order valence-electron chi connectivity index (χ4n) is 2.24. The fourth-order valence-corrected chi connectivity index (χ4v) is 2.24. The maximum absolute atomic E-state index is 9.46. The van der Waals surface area contributed by atoms with Crippen molar-refractivity contribution in [1.29, 1.82) is 0 Å². The average Bonchev–Trinajstić information content (AvgIpc) is 2.55. The quantitative estimate of drug-likeness (QED) is 0.757. The minimum absolute atomic E-state index is 0.200. The van der Waals surface area contributed by atoms with E-state index >= 15 is 0 Å². The zero-order valence-corrected chi connectivity index (χ0v) is 11.5. The molecule has 0 aliphatic heterocycles. The van der Waals surface area contributed by atoms with Gasteiger partial charge in [0.15, 0.2) is 0 Å². The van der Waals surface area contributed by atoms with Gasteiger partial charge in [-0.15, -0.1) is 0 Å². The van der Waals surface area contributed by atoms with Crippen LogP contribution < -0.4 is 4.74 Å². The van der Waals surface area contributed by atoms with E-state index in [1.807, 2.05) is 72.8 Å². The van der Waals surface area contributed by atoms with Gasteiger partial charge in [-0.2, -0.15) is 0 Å². The van der Waals surface area contributed by atoms with E-state index in [0.717, 1.165) is 16.9 Å². The SMILES string of the molecule is Oc1ccc(C(Oc2ccccc2)c2ccccc2)cc1. The van der Waals surface area contributed by atoms with Gasteiger partial charge >= 0.3 is 0 Å². The fraction of sp³-hybridized carbons (Fsp3) is 0.0526. The Morgan fingerprint density at radius 3 is 1.76 bits per heavy atom. The number of hydrogen-bond acceptors (Lipinski definition) is 2. The lowest BCUT2D eigenvalue weighted by Gasteiger charge is -2.20. The van der Waals surface area contributed by atoms with Gasteiger partial charge in [-0.05, 0) is 35.4 Å². The van der Waals surface area contributed by atoms with E-state index in [-0.39, 0.29) is 11.9 Å². The zero-order chi connectivity index (χ0) is 14.5. The Morgan fingerprint density at radius 2 is 1.14 bits per heavy atom. The van der Waals surface area contributed by atoms with Gasteiger partial charge in [-0.3, -0.25) is 0 Å². The molecule has 0 saturated carbocycles. The predicted molar refractivity (Wildman–Crippen MR) is 83.5 cm³/mol. The van der Waals surface area contributed by atoms with E-state index < -0.39 is 0 Å². The van der Waals surface area contributed by atoms with Crippen molar-refractivity contribution >= 4 is 0 Å². The normalized spacial score (nSPS) is 11.8. The summed E-state index contributed by atoms with van der Waals surface area (Å²) in [5.41, 5.74) is 2.08. The number of hydrogen-bond donors (Lipinski definition) is 1. The Kier molecular flexibility index (Phi) is 3.88. The van der Waals surface area contributed by atoms with Crippen molar-refractivity contribution in [1.82, 2.24) is 0 Å². The second-order valence-corrected chi connectivity index (χ2v) is 4.81. The first-order chi connectivity index (χ1) is 10.3. The number of ether oxygens (including phenoxy) is 1. The van der Waals surface area contributed by atoms with E-state index in [9.17, 15) is 5.11 Å². The third kappa shape index (κ3) is 3.23. The summed E-state index contributed by atoms with van der Waals surface area (Å²) in [5, 5.41) is 9.46. The molecule has 2 nitrogen and oxygen atoms in total. The minimum atomic E-state index is -0.200. The molecule has 1 N–H and O–H groups in total. The van der Waals surface area contributed by atoms with Crippen LogP contribution >= 0.6 is 0 Å². The lowest BCUT2D eigenvalue weighted by molar-refractivity contribution is 0.247. The Morgan fingerprint density at radius 1 is 0.619 bits per heavy atom. The Labute approximate surface area is 124 Å². The molecular weight excluding hydrogens is 260 g/mol. The van der Waals surface area contributed by atoms with Crippen LogP contribution in [0.4, 0.5) is 0 Å². The average molecular weight is 276 g/mol. The first-order valence-corrected chi connectivity index (χ1v) is 6.88. The van der Waals surface area contributed by atoms with Crippen molar-refractivity contribution in [3.05, 3.63) is 96.1 Å². The van der Waals surface area contributed by atoms with Crippen molar-refractivity contribution in [2.45, 2.75) is 6.10 Å². The van der Waals surface area contributed by atoms with Crippen LogP contribution in [0.25, 0.3) is 0 Å². The molecule has 2 heteroatoms. The molecular formula is C19H16O2. The number of phenolic OH excluding ortho intramolecular Hbond substituents is 1. The highest BCUT2D eigenvalue weighted by Crippen LogP contribution is 2.29. The molecule has 0 heterocycles. The number of rotatable bonds is 4. The summed E-state index contributed by atoms with van der Waals surface area (Å²) in [6, 6.07) is 26.9. The van der Waals surface area contributed by atoms with Crippen LogP contribution in [0.15, 0.2) is 84.9 Å². The third-order valence-corrected chi connectivity index (χ3v) is 3.30. The predicted octanol–water partition coefficient (Wildman–Crippen LogP) is 4.56. The maximum atomic E-state index is 9.46. The van der Waals surface area contributed by atoms with E-state index in [2.05, 4.69) is 0 Å². The van der Waals surface area contributed by atoms with E-state index in [1.165, 1.54) is 0 Å².